The predicted octanol–water partition coefficient (Wildman–Crippen LogP) is 2.93. The van der Waals surface area contributed by atoms with Crippen molar-refractivity contribution >= 4 is 16.6 Å². The Balaban J connectivity index is 2.73. The number of hydrogen-bond donors (Lipinski definition) is 1. The van der Waals surface area contributed by atoms with Crippen LogP contribution < -0.4 is 5.73 Å². The third kappa shape index (κ3) is 1.75. The number of alkyl halides is 2. The van der Waals surface area contributed by atoms with Crippen LogP contribution in [0.15, 0.2) is 30.3 Å². The lowest BCUT2D eigenvalue weighted by Crippen LogP contribution is -2.10. The Kier molecular flexibility index (Phi) is 2.07. The van der Waals surface area contributed by atoms with E-state index in [2.05, 4.69) is 4.98 Å². The molecular formula is C11H10F2N2. The van der Waals surface area contributed by atoms with Crippen molar-refractivity contribution < 1.29 is 8.78 Å². The molecule has 78 valence electrons. The smallest absolute Gasteiger partial charge is 0.287 e. The van der Waals surface area contributed by atoms with Gasteiger partial charge < -0.3 is 5.73 Å². The van der Waals surface area contributed by atoms with Crippen LogP contribution in [0.2, 0.25) is 0 Å². The van der Waals surface area contributed by atoms with Crippen molar-refractivity contribution in [3.05, 3.63) is 36.0 Å². The minimum atomic E-state index is -2.96. The lowest BCUT2D eigenvalue weighted by molar-refractivity contribution is 0.0131. The van der Waals surface area contributed by atoms with E-state index in [0.717, 1.165) is 6.92 Å². The monoisotopic (exact) mass is 208 g/mol. The second-order valence-electron chi connectivity index (χ2n) is 3.50. The molecule has 0 atom stereocenters. The van der Waals surface area contributed by atoms with Gasteiger partial charge in [0.05, 0.1) is 5.52 Å². The first-order valence-corrected chi connectivity index (χ1v) is 4.52. The molecule has 0 aliphatic carbocycles. The molecule has 2 aromatic rings. The highest BCUT2D eigenvalue weighted by Gasteiger charge is 2.26. The molecule has 2 N–H and O–H groups in total. The van der Waals surface area contributed by atoms with Gasteiger partial charge in [0.25, 0.3) is 5.92 Å². The molecule has 1 aromatic heterocycles. The molecule has 0 amide bonds. The van der Waals surface area contributed by atoms with Crippen LogP contribution in [0.1, 0.15) is 12.6 Å². The van der Waals surface area contributed by atoms with E-state index < -0.39 is 5.92 Å². The van der Waals surface area contributed by atoms with Gasteiger partial charge in [0.1, 0.15) is 5.69 Å². The summed E-state index contributed by atoms with van der Waals surface area (Å²) >= 11 is 0. The molecule has 0 unspecified atom stereocenters. The number of para-hydroxylation sites is 1. The van der Waals surface area contributed by atoms with Gasteiger partial charge in [-0.3, -0.25) is 0 Å². The first kappa shape index (κ1) is 9.83. The Morgan fingerprint density at radius 3 is 2.60 bits per heavy atom. The van der Waals surface area contributed by atoms with Crippen molar-refractivity contribution in [2.75, 3.05) is 5.73 Å². The van der Waals surface area contributed by atoms with Crippen molar-refractivity contribution in [1.29, 1.82) is 0 Å². The lowest BCUT2D eigenvalue weighted by Gasteiger charge is -2.11. The number of nitrogens with two attached hydrogens (primary N) is 1. The van der Waals surface area contributed by atoms with Gasteiger partial charge in [-0.05, 0) is 12.1 Å². The normalized spacial score (nSPS) is 11.9. The van der Waals surface area contributed by atoms with Crippen molar-refractivity contribution in [2.24, 2.45) is 0 Å². The molecule has 0 aliphatic heterocycles. The number of fused-ring (bicyclic) bond motifs is 1. The molecule has 0 saturated heterocycles. The highest BCUT2D eigenvalue weighted by Crippen LogP contribution is 2.29. The van der Waals surface area contributed by atoms with Gasteiger partial charge in [0.2, 0.25) is 0 Å². The molecule has 0 bridgehead atoms. The highest BCUT2D eigenvalue weighted by atomic mass is 19.3. The molecule has 0 radical (unpaired) electrons. The molecule has 15 heavy (non-hydrogen) atoms. The van der Waals surface area contributed by atoms with Gasteiger partial charge >= 0.3 is 0 Å². The molecule has 1 aromatic carbocycles. The second kappa shape index (κ2) is 3.15. The quantitative estimate of drug-likeness (QED) is 0.782. The summed E-state index contributed by atoms with van der Waals surface area (Å²) in [5, 5.41) is 0.700. The lowest BCUT2D eigenvalue weighted by atomic mass is 10.1. The number of nitrogen functional groups attached to an aromatic ring is 1. The van der Waals surface area contributed by atoms with E-state index >= 15 is 0 Å². The van der Waals surface area contributed by atoms with Crippen LogP contribution in [0.4, 0.5) is 14.5 Å². The molecule has 1 heterocycles. The van der Waals surface area contributed by atoms with Gasteiger partial charge in [-0.25, -0.2) is 4.98 Å². The Labute approximate surface area is 85.7 Å². The minimum absolute atomic E-state index is 0.293. The van der Waals surface area contributed by atoms with E-state index in [4.69, 9.17) is 5.73 Å². The fraction of sp³-hybridized carbons (Fsp3) is 0.182. The summed E-state index contributed by atoms with van der Waals surface area (Å²) in [4.78, 5) is 3.88. The van der Waals surface area contributed by atoms with E-state index in [9.17, 15) is 8.78 Å². The van der Waals surface area contributed by atoms with E-state index in [1.165, 1.54) is 6.07 Å². The molecule has 2 nitrogen and oxygen atoms in total. The van der Waals surface area contributed by atoms with Crippen LogP contribution >= 0.6 is 0 Å². The zero-order valence-electron chi connectivity index (χ0n) is 8.17. The van der Waals surface area contributed by atoms with E-state index in [-0.39, 0.29) is 5.69 Å². The number of nitrogens with zero attached hydrogens (tertiary/aromatic N) is 1. The maximum atomic E-state index is 13.0. The Bertz CT molecular complexity index is 503. The molecule has 2 rings (SSSR count). The van der Waals surface area contributed by atoms with Crippen LogP contribution in [0, 0.1) is 0 Å². The first-order chi connectivity index (χ1) is 6.98. The van der Waals surface area contributed by atoms with Crippen LogP contribution in [0.5, 0.6) is 0 Å². The number of halogens is 2. The maximum Gasteiger partial charge on any atom is 0.287 e. The van der Waals surface area contributed by atoms with Gasteiger partial charge in [0.15, 0.2) is 0 Å². The number of benzene rings is 1. The van der Waals surface area contributed by atoms with Crippen molar-refractivity contribution in [3.63, 3.8) is 0 Å². The van der Waals surface area contributed by atoms with Gasteiger partial charge in [-0.2, -0.15) is 8.78 Å². The molecule has 0 fully saturated rings. The minimum Gasteiger partial charge on any atom is -0.398 e. The summed E-state index contributed by atoms with van der Waals surface area (Å²) in [5.74, 6) is -2.96. The number of pyridine rings is 1. The summed E-state index contributed by atoms with van der Waals surface area (Å²) in [6, 6.07) is 8.19. The fourth-order valence-electron chi connectivity index (χ4n) is 1.43. The SMILES string of the molecule is CC(F)(F)c1cc(N)c2ccccc2n1. The topological polar surface area (TPSA) is 38.9 Å². The van der Waals surface area contributed by atoms with E-state index in [0.29, 0.717) is 16.6 Å². The fourth-order valence-corrected chi connectivity index (χ4v) is 1.43. The summed E-state index contributed by atoms with van der Waals surface area (Å²) in [6.07, 6.45) is 0. The number of anilines is 1. The van der Waals surface area contributed by atoms with E-state index in [1.54, 1.807) is 24.3 Å². The van der Waals surface area contributed by atoms with Crippen LogP contribution in [-0.2, 0) is 5.92 Å². The molecular weight excluding hydrogens is 198 g/mol. The zero-order chi connectivity index (χ0) is 11.1. The molecule has 0 aliphatic rings. The van der Waals surface area contributed by atoms with Crippen molar-refractivity contribution in [2.45, 2.75) is 12.8 Å². The Morgan fingerprint density at radius 2 is 1.93 bits per heavy atom. The average Bonchev–Trinajstić information content (AvgIpc) is 2.16. The average molecular weight is 208 g/mol. The molecule has 0 saturated carbocycles. The molecule has 4 heteroatoms. The van der Waals surface area contributed by atoms with Crippen molar-refractivity contribution in [3.8, 4) is 0 Å². The highest BCUT2D eigenvalue weighted by molar-refractivity contribution is 5.90. The van der Waals surface area contributed by atoms with E-state index in [1.807, 2.05) is 0 Å². The summed E-state index contributed by atoms with van der Waals surface area (Å²) < 4.78 is 26.1. The van der Waals surface area contributed by atoms with Crippen LogP contribution in [0.25, 0.3) is 10.9 Å². The first-order valence-electron chi connectivity index (χ1n) is 4.52. The predicted molar refractivity (Wildman–Crippen MR) is 55.7 cm³/mol. The Morgan fingerprint density at radius 1 is 1.27 bits per heavy atom. The summed E-state index contributed by atoms with van der Waals surface area (Å²) in [7, 11) is 0. The van der Waals surface area contributed by atoms with Gasteiger partial charge in [-0.1, -0.05) is 18.2 Å². The zero-order valence-corrected chi connectivity index (χ0v) is 8.17. The van der Waals surface area contributed by atoms with Crippen LogP contribution in [-0.4, -0.2) is 4.98 Å². The maximum absolute atomic E-state index is 13.0. The Hall–Kier alpha value is -1.71. The second-order valence-corrected chi connectivity index (χ2v) is 3.50. The van der Waals surface area contributed by atoms with Gasteiger partial charge in [-0.15, -0.1) is 0 Å². The van der Waals surface area contributed by atoms with Gasteiger partial charge in [0, 0.05) is 18.0 Å². The van der Waals surface area contributed by atoms with Crippen LogP contribution in [0.3, 0.4) is 0 Å². The largest absolute Gasteiger partial charge is 0.398 e. The summed E-state index contributed by atoms with van der Waals surface area (Å²) in [5.41, 5.74) is 6.21. The third-order valence-corrected chi connectivity index (χ3v) is 2.20. The van der Waals surface area contributed by atoms with Crippen molar-refractivity contribution in [1.82, 2.24) is 4.98 Å². The standard InChI is InChI=1S/C11H10F2N2/c1-11(12,13)10-6-8(14)7-4-2-3-5-9(7)15-10/h2-6H,1H3,(H2,14,15). The third-order valence-electron chi connectivity index (χ3n) is 2.20. The number of aromatic nitrogens is 1. The number of rotatable bonds is 1. The molecule has 0 spiro atoms. The number of hydrogen-bond acceptors (Lipinski definition) is 2. The summed E-state index contributed by atoms with van der Waals surface area (Å²) in [6.45, 7) is 0.809.